The summed E-state index contributed by atoms with van der Waals surface area (Å²) >= 11 is 0. The first-order valence-electron chi connectivity index (χ1n) is 7.96. The molecule has 0 bridgehead atoms. The van der Waals surface area contributed by atoms with Crippen LogP contribution >= 0.6 is 0 Å². The summed E-state index contributed by atoms with van der Waals surface area (Å²) in [6, 6.07) is 11.3. The Balaban J connectivity index is 1.62. The predicted molar refractivity (Wildman–Crippen MR) is 94.2 cm³/mol. The van der Waals surface area contributed by atoms with E-state index in [0.717, 1.165) is 17.9 Å². The van der Waals surface area contributed by atoms with Gasteiger partial charge in [-0.3, -0.25) is 0 Å². The third kappa shape index (κ3) is 3.24. The number of fused-ring (bicyclic) bond motifs is 1. The zero-order chi connectivity index (χ0) is 17.4. The van der Waals surface area contributed by atoms with Gasteiger partial charge in [-0.15, -0.1) is 0 Å². The first kappa shape index (κ1) is 16.8. The van der Waals surface area contributed by atoms with E-state index in [1.165, 1.54) is 5.56 Å². The molecule has 0 saturated carbocycles. The smallest absolute Gasteiger partial charge is 0.200 e. The largest absolute Gasteiger partial charge is 0.488 e. The molecule has 0 radical (unpaired) electrons. The topological polar surface area (TPSA) is 68.3 Å². The van der Waals surface area contributed by atoms with Crippen LogP contribution in [0.25, 0.3) is 0 Å². The Morgan fingerprint density at radius 3 is 2.58 bits per heavy atom. The van der Waals surface area contributed by atoms with Gasteiger partial charge in [0.1, 0.15) is 11.9 Å². The number of hydrogen-bond acceptors (Lipinski definition) is 5. The van der Waals surface area contributed by atoms with Crippen molar-refractivity contribution in [3.05, 3.63) is 48.2 Å². The Kier molecular flexibility index (Phi) is 4.25. The van der Waals surface area contributed by atoms with E-state index in [2.05, 4.69) is 16.4 Å². The second-order valence-corrected chi connectivity index (χ2v) is 9.58. The van der Waals surface area contributed by atoms with Crippen molar-refractivity contribution in [1.82, 2.24) is 4.98 Å². The van der Waals surface area contributed by atoms with E-state index in [0.29, 0.717) is 6.54 Å². The maximum absolute atomic E-state index is 12.4. The third-order valence-corrected chi connectivity index (χ3v) is 6.47. The highest BCUT2D eigenvalue weighted by Crippen LogP contribution is 2.28. The molecule has 128 valence electrons. The van der Waals surface area contributed by atoms with E-state index in [9.17, 15) is 8.42 Å². The Labute approximate surface area is 143 Å². The highest BCUT2D eigenvalue weighted by molar-refractivity contribution is 7.92. The van der Waals surface area contributed by atoms with Gasteiger partial charge < -0.3 is 10.1 Å². The fourth-order valence-electron chi connectivity index (χ4n) is 2.56. The molecule has 0 amide bonds. The molecular weight excluding hydrogens is 324 g/mol. The molecule has 0 spiro atoms. The van der Waals surface area contributed by atoms with Crippen LogP contribution in [-0.2, 0) is 16.3 Å². The summed E-state index contributed by atoms with van der Waals surface area (Å²) in [4.78, 5) is 4.11. The number of nitrogens with one attached hydrogen (secondary N) is 1. The van der Waals surface area contributed by atoms with Crippen LogP contribution in [-0.4, -0.2) is 30.8 Å². The van der Waals surface area contributed by atoms with Gasteiger partial charge in [0.2, 0.25) is 0 Å². The van der Waals surface area contributed by atoms with Crippen molar-refractivity contribution in [2.45, 2.75) is 43.1 Å². The summed E-state index contributed by atoms with van der Waals surface area (Å²) in [5.74, 6) is 0.939. The van der Waals surface area contributed by atoms with Gasteiger partial charge in [0.25, 0.3) is 0 Å². The first-order chi connectivity index (χ1) is 11.3. The molecule has 1 aliphatic heterocycles. The average Bonchev–Trinajstić information content (AvgIpc) is 2.95. The number of hydrogen-bond donors (Lipinski definition) is 1. The lowest BCUT2D eigenvalue weighted by Crippen LogP contribution is -2.28. The predicted octanol–water partition coefficient (Wildman–Crippen LogP) is 3.07. The summed E-state index contributed by atoms with van der Waals surface area (Å²) in [6.45, 7) is 5.66. The highest BCUT2D eigenvalue weighted by Gasteiger charge is 2.32. The van der Waals surface area contributed by atoms with E-state index >= 15 is 0 Å². The second kappa shape index (κ2) is 6.09. The van der Waals surface area contributed by atoms with Crippen molar-refractivity contribution < 1.29 is 13.2 Å². The minimum atomic E-state index is -3.42. The first-order valence-corrected chi connectivity index (χ1v) is 9.45. The normalized spacial score (nSPS) is 17.2. The van der Waals surface area contributed by atoms with E-state index in [1.807, 2.05) is 18.2 Å². The number of pyridine rings is 1. The molecular formula is C18H22N2O3S. The van der Waals surface area contributed by atoms with Crippen LogP contribution in [0.1, 0.15) is 26.3 Å². The van der Waals surface area contributed by atoms with Crippen LogP contribution in [0.3, 0.4) is 0 Å². The van der Waals surface area contributed by atoms with Gasteiger partial charge in [-0.25, -0.2) is 13.4 Å². The van der Waals surface area contributed by atoms with E-state index in [4.69, 9.17) is 4.74 Å². The molecule has 0 saturated heterocycles. The van der Waals surface area contributed by atoms with Crippen LogP contribution in [0, 0.1) is 0 Å². The number of aromatic nitrogens is 1. The molecule has 2 aromatic rings. The van der Waals surface area contributed by atoms with Crippen molar-refractivity contribution in [3.63, 3.8) is 0 Å². The van der Waals surface area contributed by atoms with Crippen LogP contribution in [0.5, 0.6) is 5.75 Å². The molecule has 1 unspecified atom stereocenters. The van der Waals surface area contributed by atoms with E-state index < -0.39 is 14.6 Å². The maximum atomic E-state index is 12.4. The third-order valence-electron chi connectivity index (χ3n) is 4.07. The zero-order valence-electron chi connectivity index (χ0n) is 14.1. The van der Waals surface area contributed by atoms with Crippen LogP contribution in [0.4, 0.5) is 5.69 Å². The quantitative estimate of drug-likeness (QED) is 0.921. The molecule has 5 nitrogen and oxygen atoms in total. The maximum Gasteiger partial charge on any atom is 0.200 e. The Hall–Kier alpha value is -2.08. The van der Waals surface area contributed by atoms with Gasteiger partial charge in [-0.05, 0) is 44.5 Å². The van der Waals surface area contributed by atoms with E-state index in [1.54, 1.807) is 39.1 Å². The van der Waals surface area contributed by atoms with Crippen LogP contribution in [0.2, 0.25) is 0 Å². The molecule has 24 heavy (non-hydrogen) atoms. The van der Waals surface area contributed by atoms with Gasteiger partial charge in [0, 0.05) is 6.42 Å². The Bertz CT molecular complexity index is 799. The van der Waals surface area contributed by atoms with Gasteiger partial charge in [-0.2, -0.15) is 0 Å². The number of sulfone groups is 1. The molecule has 1 aliphatic rings. The van der Waals surface area contributed by atoms with Gasteiger partial charge >= 0.3 is 0 Å². The van der Waals surface area contributed by atoms with Crippen molar-refractivity contribution in [2.24, 2.45) is 0 Å². The molecule has 2 heterocycles. The molecule has 0 aliphatic carbocycles. The van der Waals surface area contributed by atoms with Crippen LogP contribution in [0.15, 0.2) is 47.6 Å². The average molecular weight is 346 g/mol. The molecule has 1 atom stereocenters. The fourth-order valence-corrected chi connectivity index (χ4v) is 3.62. The van der Waals surface area contributed by atoms with Gasteiger partial charge in [0.05, 0.1) is 23.2 Å². The lowest BCUT2D eigenvalue weighted by Gasteiger charge is -2.18. The molecule has 1 aromatic carbocycles. The Morgan fingerprint density at radius 2 is 1.96 bits per heavy atom. The van der Waals surface area contributed by atoms with Crippen molar-refractivity contribution in [3.8, 4) is 5.75 Å². The fraction of sp³-hybridized carbons (Fsp3) is 0.389. The molecule has 1 N–H and O–H groups in total. The van der Waals surface area contributed by atoms with Crippen molar-refractivity contribution in [1.29, 1.82) is 0 Å². The number of anilines is 1. The van der Waals surface area contributed by atoms with E-state index in [-0.39, 0.29) is 11.1 Å². The molecule has 1 aromatic heterocycles. The summed E-state index contributed by atoms with van der Waals surface area (Å²) in [5, 5.41) is 3.36. The summed E-state index contributed by atoms with van der Waals surface area (Å²) < 4.78 is 29.7. The molecule has 0 fully saturated rings. The van der Waals surface area contributed by atoms with Crippen molar-refractivity contribution in [2.75, 3.05) is 11.9 Å². The van der Waals surface area contributed by atoms with Gasteiger partial charge in [0.15, 0.2) is 14.9 Å². The summed E-state index contributed by atoms with van der Waals surface area (Å²) in [7, 11) is -3.42. The highest BCUT2D eigenvalue weighted by atomic mass is 32.2. The molecule has 3 rings (SSSR count). The summed E-state index contributed by atoms with van der Waals surface area (Å²) in [5.41, 5.74) is 2.00. The standard InChI is InChI=1S/C18H22N2O3S/c1-18(2,3)24(21,22)17-9-8-14(11-20-17)19-12-15-10-13-6-4-5-7-16(13)23-15/h4-9,11,15,19H,10,12H2,1-3H3. The lowest BCUT2D eigenvalue weighted by atomic mass is 10.1. The number of rotatable bonds is 4. The van der Waals surface area contributed by atoms with Gasteiger partial charge in [-0.1, -0.05) is 18.2 Å². The number of benzene rings is 1. The minimum Gasteiger partial charge on any atom is -0.488 e. The van der Waals surface area contributed by atoms with Crippen molar-refractivity contribution >= 4 is 15.5 Å². The zero-order valence-corrected chi connectivity index (χ0v) is 14.9. The Morgan fingerprint density at radius 1 is 1.21 bits per heavy atom. The SMILES string of the molecule is CC(C)(C)S(=O)(=O)c1ccc(NCC2Cc3ccccc3O2)cn1. The monoisotopic (exact) mass is 346 g/mol. The number of nitrogens with zero attached hydrogens (tertiary/aromatic N) is 1. The number of para-hydroxylation sites is 1. The summed E-state index contributed by atoms with van der Waals surface area (Å²) in [6.07, 6.45) is 2.49. The molecule has 6 heteroatoms. The minimum absolute atomic E-state index is 0.0698. The number of ether oxygens (including phenoxy) is 1. The lowest BCUT2D eigenvalue weighted by molar-refractivity contribution is 0.246. The van der Waals surface area contributed by atoms with Crippen LogP contribution < -0.4 is 10.1 Å². The second-order valence-electron chi connectivity index (χ2n) is 6.93.